The highest BCUT2D eigenvalue weighted by Crippen LogP contribution is 2.30. The molecule has 3 N–H and O–H groups in total. The summed E-state index contributed by atoms with van der Waals surface area (Å²) in [5.74, 6) is -1.33. The van der Waals surface area contributed by atoms with Crippen molar-refractivity contribution in [3.05, 3.63) is 35.6 Å². The molecule has 0 radical (unpaired) electrons. The molecule has 0 unspecified atom stereocenters. The molecular formula is C15H21FN2O3. The normalized spacial score (nSPS) is 11.9. The van der Waals surface area contributed by atoms with Crippen LogP contribution in [0, 0.1) is 11.2 Å². The summed E-state index contributed by atoms with van der Waals surface area (Å²) in [6.45, 7) is 6.64. The molecule has 0 bridgehead atoms. The molecular weight excluding hydrogens is 275 g/mol. The smallest absolute Gasteiger partial charge is 0.315 e. The molecule has 116 valence electrons. The minimum atomic E-state index is -1.12. The molecule has 0 saturated carbocycles. The van der Waals surface area contributed by atoms with Crippen LogP contribution < -0.4 is 10.6 Å². The highest BCUT2D eigenvalue weighted by molar-refractivity contribution is 5.79. The van der Waals surface area contributed by atoms with Gasteiger partial charge in [-0.15, -0.1) is 0 Å². The molecule has 1 aromatic rings. The van der Waals surface area contributed by atoms with Gasteiger partial charge in [0.25, 0.3) is 0 Å². The Morgan fingerprint density at radius 3 is 2.14 bits per heavy atom. The Morgan fingerprint density at radius 1 is 1.14 bits per heavy atom. The molecule has 21 heavy (non-hydrogen) atoms. The Hall–Kier alpha value is -2.11. The van der Waals surface area contributed by atoms with Crippen LogP contribution in [-0.2, 0) is 11.3 Å². The maximum Gasteiger partial charge on any atom is 0.315 e. The SMILES string of the molecule is CC(C)(NC(=O)NCc1ccc(F)cc1)C(C)(C)C(=O)O. The molecule has 0 heterocycles. The molecule has 2 amide bonds. The zero-order chi connectivity index (χ0) is 16.3. The lowest BCUT2D eigenvalue weighted by Gasteiger charge is -2.38. The number of halogens is 1. The number of amides is 2. The van der Waals surface area contributed by atoms with Gasteiger partial charge in [0.05, 0.1) is 11.0 Å². The van der Waals surface area contributed by atoms with E-state index in [-0.39, 0.29) is 12.4 Å². The predicted octanol–water partition coefficient (Wildman–Crippen LogP) is 2.51. The molecule has 0 aliphatic heterocycles. The summed E-state index contributed by atoms with van der Waals surface area (Å²) >= 11 is 0. The molecule has 0 atom stereocenters. The van der Waals surface area contributed by atoms with Gasteiger partial charge in [-0.05, 0) is 45.4 Å². The van der Waals surface area contributed by atoms with Crippen molar-refractivity contribution in [2.24, 2.45) is 5.41 Å². The molecule has 0 aliphatic rings. The first-order chi connectivity index (χ1) is 9.56. The molecule has 6 heteroatoms. The number of nitrogens with one attached hydrogen (secondary N) is 2. The number of rotatable bonds is 5. The Bertz CT molecular complexity index is 524. The maximum absolute atomic E-state index is 12.8. The fraction of sp³-hybridized carbons (Fsp3) is 0.467. The predicted molar refractivity (Wildman–Crippen MR) is 77.3 cm³/mol. The summed E-state index contributed by atoms with van der Waals surface area (Å²) in [7, 11) is 0. The molecule has 1 rings (SSSR count). The number of urea groups is 1. The van der Waals surface area contributed by atoms with Crippen molar-refractivity contribution in [3.8, 4) is 0 Å². The van der Waals surface area contributed by atoms with Crippen molar-refractivity contribution >= 4 is 12.0 Å². The van der Waals surface area contributed by atoms with Crippen LogP contribution in [0.4, 0.5) is 9.18 Å². The number of aliphatic carboxylic acids is 1. The van der Waals surface area contributed by atoms with Crippen LogP contribution in [0.1, 0.15) is 33.3 Å². The van der Waals surface area contributed by atoms with Crippen LogP contribution in [0.2, 0.25) is 0 Å². The zero-order valence-electron chi connectivity index (χ0n) is 12.7. The van der Waals surface area contributed by atoms with E-state index in [1.165, 1.54) is 12.1 Å². The highest BCUT2D eigenvalue weighted by Gasteiger charge is 2.44. The quantitative estimate of drug-likeness (QED) is 0.781. The lowest BCUT2D eigenvalue weighted by atomic mass is 9.74. The molecule has 0 spiro atoms. The van der Waals surface area contributed by atoms with Crippen LogP contribution >= 0.6 is 0 Å². The van der Waals surface area contributed by atoms with E-state index < -0.39 is 23.0 Å². The van der Waals surface area contributed by atoms with Crippen LogP contribution in [0.15, 0.2) is 24.3 Å². The fourth-order valence-corrected chi connectivity index (χ4v) is 1.54. The highest BCUT2D eigenvalue weighted by atomic mass is 19.1. The fourth-order valence-electron chi connectivity index (χ4n) is 1.54. The largest absolute Gasteiger partial charge is 0.481 e. The van der Waals surface area contributed by atoms with E-state index in [1.54, 1.807) is 39.8 Å². The molecule has 1 aromatic carbocycles. The Morgan fingerprint density at radius 2 is 1.67 bits per heavy atom. The van der Waals surface area contributed by atoms with Gasteiger partial charge in [-0.3, -0.25) is 4.79 Å². The molecule has 0 aliphatic carbocycles. The standard InChI is InChI=1S/C15H21FN2O3/c1-14(2,12(19)20)15(3,4)18-13(21)17-9-10-5-7-11(16)8-6-10/h5-8H,9H2,1-4H3,(H,19,20)(H2,17,18,21). The third-order valence-electron chi connectivity index (χ3n) is 3.89. The zero-order valence-corrected chi connectivity index (χ0v) is 12.7. The number of hydrogen-bond donors (Lipinski definition) is 3. The second-order valence-corrected chi connectivity index (χ2v) is 5.99. The number of benzene rings is 1. The lowest BCUT2D eigenvalue weighted by molar-refractivity contribution is -0.150. The minimum Gasteiger partial charge on any atom is -0.481 e. The summed E-state index contributed by atoms with van der Waals surface area (Å²) in [6.07, 6.45) is 0. The van der Waals surface area contributed by atoms with E-state index in [1.807, 2.05) is 0 Å². The first-order valence-corrected chi connectivity index (χ1v) is 6.60. The van der Waals surface area contributed by atoms with Gasteiger partial charge in [-0.1, -0.05) is 12.1 Å². The van der Waals surface area contributed by atoms with E-state index in [9.17, 15) is 19.1 Å². The number of carboxylic acids is 1. The van der Waals surface area contributed by atoms with Crippen molar-refractivity contribution in [1.82, 2.24) is 10.6 Å². The Balaban J connectivity index is 2.61. The third kappa shape index (κ3) is 4.18. The van der Waals surface area contributed by atoms with Gasteiger partial charge < -0.3 is 15.7 Å². The van der Waals surface area contributed by atoms with Crippen molar-refractivity contribution in [1.29, 1.82) is 0 Å². The van der Waals surface area contributed by atoms with Crippen LogP contribution in [0.25, 0.3) is 0 Å². The maximum atomic E-state index is 12.8. The van der Waals surface area contributed by atoms with Crippen LogP contribution in [0.5, 0.6) is 0 Å². The molecule has 5 nitrogen and oxygen atoms in total. The van der Waals surface area contributed by atoms with Crippen LogP contribution in [-0.4, -0.2) is 22.6 Å². The summed E-state index contributed by atoms with van der Waals surface area (Å²) in [6, 6.07) is 5.29. The number of hydrogen-bond acceptors (Lipinski definition) is 2. The van der Waals surface area contributed by atoms with Crippen molar-refractivity contribution in [2.75, 3.05) is 0 Å². The molecule has 0 fully saturated rings. The van der Waals surface area contributed by atoms with Gasteiger partial charge >= 0.3 is 12.0 Å². The van der Waals surface area contributed by atoms with Crippen molar-refractivity contribution in [2.45, 2.75) is 39.8 Å². The second-order valence-electron chi connectivity index (χ2n) is 5.99. The first kappa shape index (κ1) is 16.9. The minimum absolute atomic E-state index is 0.232. The van der Waals surface area contributed by atoms with Gasteiger partial charge in [-0.25, -0.2) is 9.18 Å². The van der Waals surface area contributed by atoms with Crippen LogP contribution in [0.3, 0.4) is 0 Å². The van der Waals surface area contributed by atoms with E-state index >= 15 is 0 Å². The van der Waals surface area contributed by atoms with E-state index in [0.717, 1.165) is 5.56 Å². The average Bonchev–Trinajstić information content (AvgIpc) is 2.37. The van der Waals surface area contributed by atoms with Gasteiger partial charge in [0, 0.05) is 6.54 Å². The molecule has 0 aromatic heterocycles. The van der Waals surface area contributed by atoms with Crippen molar-refractivity contribution < 1.29 is 19.1 Å². The summed E-state index contributed by atoms with van der Waals surface area (Å²) < 4.78 is 12.8. The summed E-state index contributed by atoms with van der Waals surface area (Å²) in [4.78, 5) is 23.1. The third-order valence-corrected chi connectivity index (χ3v) is 3.89. The van der Waals surface area contributed by atoms with Gasteiger partial charge in [-0.2, -0.15) is 0 Å². The first-order valence-electron chi connectivity index (χ1n) is 6.60. The van der Waals surface area contributed by atoms with E-state index in [4.69, 9.17) is 0 Å². The molecule has 0 saturated heterocycles. The summed E-state index contributed by atoms with van der Waals surface area (Å²) in [5, 5.41) is 14.5. The summed E-state index contributed by atoms with van der Waals surface area (Å²) in [5.41, 5.74) is -1.31. The topological polar surface area (TPSA) is 78.4 Å². The van der Waals surface area contributed by atoms with Gasteiger partial charge in [0.1, 0.15) is 5.82 Å². The van der Waals surface area contributed by atoms with Gasteiger partial charge in [0.2, 0.25) is 0 Å². The van der Waals surface area contributed by atoms with E-state index in [0.29, 0.717) is 0 Å². The lowest BCUT2D eigenvalue weighted by Crippen LogP contribution is -2.58. The Labute approximate surface area is 123 Å². The van der Waals surface area contributed by atoms with Crippen molar-refractivity contribution in [3.63, 3.8) is 0 Å². The Kier molecular flexibility index (Phi) is 4.93. The number of carbonyl (C=O) groups is 2. The second kappa shape index (κ2) is 6.11. The monoisotopic (exact) mass is 296 g/mol. The number of carbonyl (C=O) groups excluding carboxylic acids is 1. The van der Waals surface area contributed by atoms with E-state index in [2.05, 4.69) is 10.6 Å². The average molecular weight is 296 g/mol. The van der Waals surface area contributed by atoms with Gasteiger partial charge in [0.15, 0.2) is 0 Å². The number of carboxylic acid groups (broad SMARTS) is 1.